The fourth-order valence-electron chi connectivity index (χ4n) is 1.69. The van der Waals surface area contributed by atoms with E-state index in [1.165, 1.54) is 24.4 Å². The summed E-state index contributed by atoms with van der Waals surface area (Å²) in [6.45, 7) is 0. The molecule has 0 atom stereocenters. The number of phenols is 1. The van der Waals surface area contributed by atoms with Crippen molar-refractivity contribution in [3.05, 3.63) is 46.6 Å². The van der Waals surface area contributed by atoms with E-state index in [-0.39, 0.29) is 17.5 Å². The summed E-state index contributed by atoms with van der Waals surface area (Å²) in [5.74, 6) is 0.0320. The van der Waals surface area contributed by atoms with Crippen LogP contribution >= 0.6 is 0 Å². The average Bonchev–Trinajstić information content (AvgIpc) is 2.81. The van der Waals surface area contributed by atoms with Gasteiger partial charge in [-0.1, -0.05) is 0 Å². The van der Waals surface area contributed by atoms with Crippen LogP contribution in [0.15, 0.2) is 40.9 Å². The second-order valence-corrected chi connectivity index (χ2v) is 3.83. The van der Waals surface area contributed by atoms with Gasteiger partial charge in [0.1, 0.15) is 17.5 Å². The van der Waals surface area contributed by atoms with E-state index in [0.717, 1.165) is 0 Å². The number of nitrogens with zero attached hydrogens (tertiary/aromatic N) is 3. The molecule has 0 fully saturated rings. The van der Waals surface area contributed by atoms with Crippen LogP contribution in [0.5, 0.6) is 5.75 Å². The van der Waals surface area contributed by atoms with Gasteiger partial charge in [0.2, 0.25) is 5.89 Å². The number of aromatic hydroxyl groups is 1. The molecule has 0 unspecified atom stereocenters. The maximum absolute atomic E-state index is 10.7. The normalized spacial score (nSPS) is 10.7. The number of phenolic OH excluding ortho intramolecular Hbond substituents is 1. The Balaban J connectivity index is 2.13. The fraction of sp³-hybridized carbons (Fsp3) is 0. The summed E-state index contributed by atoms with van der Waals surface area (Å²) in [6, 6.07) is 7.38. The number of hydrogen-bond acceptors (Lipinski definition) is 6. The monoisotopic (exact) mass is 257 g/mol. The van der Waals surface area contributed by atoms with E-state index >= 15 is 0 Å². The Morgan fingerprint density at radius 3 is 2.89 bits per heavy atom. The molecule has 0 aliphatic heterocycles. The minimum absolute atomic E-state index is 0.0657. The van der Waals surface area contributed by atoms with Gasteiger partial charge in [-0.15, -0.1) is 0 Å². The van der Waals surface area contributed by atoms with Gasteiger partial charge >= 0.3 is 5.82 Å². The third-order valence-corrected chi connectivity index (χ3v) is 2.55. The van der Waals surface area contributed by atoms with E-state index < -0.39 is 4.92 Å². The Bertz CT molecular complexity index is 781. The van der Waals surface area contributed by atoms with Crippen LogP contribution in [-0.4, -0.2) is 20.0 Å². The van der Waals surface area contributed by atoms with Gasteiger partial charge in [-0.2, -0.15) is 0 Å². The van der Waals surface area contributed by atoms with E-state index in [9.17, 15) is 15.2 Å². The smallest absolute Gasteiger partial charge is 0.364 e. The lowest BCUT2D eigenvalue weighted by atomic mass is 10.2. The fourth-order valence-corrected chi connectivity index (χ4v) is 1.69. The molecule has 0 radical (unpaired) electrons. The molecule has 0 saturated carbocycles. The van der Waals surface area contributed by atoms with Crippen molar-refractivity contribution in [1.29, 1.82) is 0 Å². The molecule has 2 heterocycles. The zero-order valence-corrected chi connectivity index (χ0v) is 9.48. The van der Waals surface area contributed by atoms with Crippen LogP contribution in [0, 0.1) is 10.1 Å². The summed E-state index contributed by atoms with van der Waals surface area (Å²) in [6.07, 6.45) is 1.32. The number of rotatable bonds is 2. The van der Waals surface area contributed by atoms with E-state index in [2.05, 4.69) is 9.97 Å². The molecule has 19 heavy (non-hydrogen) atoms. The summed E-state index contributed by atoms with van der Waals surface area (Å²) >= 11 is 0. The van der Waals surface area contributed by atoms with Crippen molar-refractivity contribution >= 4 is 16.9 Å². The first-order valence-electron chi connectivity index (χ1n) is 5.34. The van der Waals surface area contributed by atoms with Gasteiger partial charge < -0.3 is 19.6 Å². The molecule has 1 N–H and O–H groups in total. The van der Waals surface area contributed by atoms with Crippen molar-refractivity contribution in [2.45, 2.75) is 0 Å². The molecule has 0 amide bonds. The molecule has 0 aliphatic carbocycles. The number of fused-ring (bicyclic) bond motifs is 1. The molecule has 0 saturated heterocycles. The van der Waals surface area contributed by atoms with Crippen LogP contribution in [0.2, 0.25) is 0 Å². The zero-order chi connectivity index (χ0) is 13.4. The molecule has 3 rings (SSSR count). The number of aromatic nitrogens is 2. The largest absolute Gasteiger partial charge is 0.508 e. The number of pyridine rings is 1. The molecule has 7 heteroatoms. The van der Waals surface area contributed by atoms with Crippen molar-refractivity contribution < 1.29 is 14.4 Å². The second kappa shape index (κ2) is 4.05. The summed E-state index contributed by atoms with van der Waals surface area (Å²) in [4.78, 5) is 17.9. The lowest BCUT2D eigenvalue weighted by molar-refractivity contribution is -0.389. The van der Waals surface area contributed by atoms with Crippen molar-refractivity contribution in [2.24, 2.45) is 0 Å². The first-order chi connectivity index (χ1) is 9.13. The van der Waals surface area contributed by atoms with Crippen molar-refractivity contribution in [3.63, 3.8) is 0 Å². The predicted octanol–water partition coefficient (Wildman–Crippen LogP) is 2.50. The van der Waals surface area contributed by atoms with Crippen molar-refractivity contribution in [2.75, 3.05) is 0 Å². The standard InChI is InChI=1S/C12H7N3O4/c16-8-1-2-9-10(6-8)19-12(14-9)7-3-4-13-11(5-7)15(17)18/h1-6,16H. The third kappa shape index (κ3) is 1.97. The second-order valence-electron chi connectivity index (χ2n) is 3.83. The van der Waals surface area contributed by atoms with Crippen LogP contribution in [-0.2, 0) is 0 Å². The molecule has 3 aromatic rings. The Morgan fingerprint density at radius 1 is 1.26 bits per heavy atom. The minimum atomic E-state index is -0.585. The van der Waals surface area contributed by atoms with Crippen molar-refractivity contribution in [1.82, 2.24) is 9.97 Å². The lowest BCUT2D eigenvalue weighted by Crippen LogP contribution is -1.91. The maximum atomic E-state index is 10.7. The molecule has 7 nitrogen and oxygen atoms in total. The Kier molecular flexibility index (Phi) is 2.38. The predicted molar refractivity (Wildman–Crippen MR) is 65.6 cm³/mol. The van der Waals surface area contributed by atoms with Gasteiger partial charge in [-0.3, -0.25) is 0 Å². The van der Waals surface area contributed by atoms with Gasteiger partial charge in [0, 0.05) is 17.7 Å². The van der Waals surface area contributed by atoms with Gasteiger partial charge in [0.25, 0.3) is 0 Å². The van der Waals surface area contributed by atoms with Gasteiger partial charge in [-0.25, -0.2) is 4.98 Å². The van der Waals surface area contributed by atoms with E-state index in [1.54, 1.807) is 12.1 Å². The van der Waals surface area contributed by atoms with Crippen LogP contribution in [0.3, 0.4) is 0 Å². The molecule has 0 aliphatic rings. The molecule has 0 spiro atoms. The highest BCUT2D eigenvalue weighted by Gasteiger charge is 2.13. The summed E-state index contributed by atoms with van der Waals surface area (Å²) in [7, 11) is 0. The number of oxazole rings is 1. The highest BCUT2D eigenvalue weighted by molar-refractivity contribution is 5.77. The zero-order valence-electron chi connectivity index (χ0n) is 9.48. The number of hydrogen-bond donors (Lipinski definition) is 1. The number of nitro groups is 1. The summed E-state index contributed by atoms with van der Waals surface area (Å²) in [5.41, 5.74) is 1.43. The highest BCUT2D eigenvalue weighted by Crippen LogP contribution is 2.27. The summed E-state index contributed by atoms with van der Waals surface area (Å²) in [5, 5.41) is 20.0. The van der Waals surface area contributed by atoms with Gasteiger partial charge in [0.15, 0.2) is 5.58 Å². The topological polar surface area (TPSA) is 102 Å². The van der Waals surface area contributed by atoms with Crippen LogP contribution in [0.25, 0.3) is 22.6 Å². The van der Waals surface area contributed by atoms with E-state index in [1.807, 2.05) is 0 Å². The van der Waals surface area contributed by atoms with Crippen molar-refractivity contribution in [3.8, 4) is 17.2 Å². The maximum Gasteiger partial charge on any atom is 0.364 e. The first-order valence-corrected chi connectivity index (χ1v) is 5.34. The minimum Gasteiger partial charge on any atom is -0.508 e. The quantitative estimate of drug-likeness (QED) is 0.558. The number of benzene rings is 1. The van der Waals surface area contributed by atoms with Gasteiger partial charge in [-0.05, 0) is 28.1 Å². The average molecular weight is 257 g/mol. The van der Waals surface area contributed by atoms with Crippen LogP contribution in [0.4, 0.5) is 5.82 Å². The van der Waals surface area contributed by atoms with Crippen LogP contribution in [0.1, 0.15) is 0 Å². The van der Waals surface area contributed by atoms with E-state index in [4.69, 9.17) is 4.42 Å². The van der Waals surface area contributed by atoms with Crippen LogP contribution < -0.4 is 0 Å². The molecule has 94 valence electrons. The Hall–Kier alpha value is -2.96. The molecule has 0 bridgehead atoms. The first kappa shape index (κ1) is 11.1. The molecule has 1 aromatic carbocycles. The van der Waals surface area contributed by atoms with E-state index in [0.29, 0.717) is 16.7 Å². The van der Waals surface area contributed by atoms with Gasteiger partial charge in [0.05, 0.1) is 0 Å². The third-order valence-electron chi connectivity index (χ3n) is 2.55. The SMILES string of the molecule is O=[N+]([O-])c1cc(-c2nc3ccc(O)cc3o2)ccn1. The summed E-state index contributed by atoms with van der Waals surface area (Å²) < 4.78 is 5.45. The highest BCUT2D eigenvalue weighted by atomic mass is 16.6. The molecule has 2 aromatic heterocycles. The Morgan fingerprint density at radius 2 is 2.11 bits per heavy atom. The molecular formula is C12H7N3O4. The Labute approximate surface area is 106 Å². The lowest BCUT2D eigenvalue weighted by Gasteiger charge is -1.94. The molecular weight excluding hydrogens is 250 g/mol.